The highest BCUT2D eigenvalue weighted by Gasteiger charge is 2.50. The quantitative estimate of drug-likeness (QED) is 0.0996. The van der Waals surface area contributed by atoms with Crippen molar-refractivity contribution in [3.8, 4) is 0 Å². The van der Waals surface area contributed by atoms with Crippen molar-refractivity contribution in [3.63, 3.8) is 0 Å². The van der Waals surface area contributed by atoms with Gasteiger partial charge in [-0.05, 0) is 11.8 Å². The number of anilines is 2. The third-order valence-electron chi connectivity index (χ3n) is 6.92. The molecule has 6 heterocycles. The third-order valence-corrected chi connectivity index (χ3v) is 8.48. The average molecular weight is 630 g/mol. The zero-order chi connectivity index (χ0) is 29.9. The Morgan fingerprint density at radius 1 is 1.10 bits per heavy atom. The molecule has 9 atom stereocenters. The second-order valence-corrected chi connectivity index (χ2v) is 12.3. The van der Waals surface area contributed by atoms with Crippen LogP contribution in [0.3, 0.4) is 0 Å². The number of nitrogen functional groups attached to an aromatic ring is 2. The molecule has 10 N–H and O–H groups in total. The van der Waals surface area contributed by atoms with Gasteiger partial charge in [-0.1, -0.05) is 0 Å². The van der Waals surface area contributed by atoms with Gasteiger partial charge in [0, 0.05) is 0 Å². The summed E-state index contributed by atoms with van der Waals surface area (Å²) in [7, 11) is 0. The number of H-pyrrole nitrogens is 1. The Labute approximate surface area is 238 Å². The second-order valence-electron chi connectivity index (χ2n) is 9.52. The second kappa shape index (κ2) is 10.8. The van der Waals surface area contributed by atoms with Gasteiger partial charge in [0.2, 0.25) is 5.95 Å². The van der Waals surface area contributed by atoms with Gasteiger partial charge in [-0.3, -0.25) is 23.4 Å². The largest absolute Gasteiger partial charge is 0.394 e. The van der Waals surface area contributed by atoms with Crippen LogP contribution in [0.2, 0.25) is 0 Å². The van der Waals surface area contributed by atoms with E-state index < -0.39 is 74.6 Å². The summed E-state index contributed by atoms with van der Waals surface area (Å²) in [6.07, 6.45) is -5.95. The molecule has 22 heteroatoms. The van der Waals surface area contributed by atoms with Gasteiger partial charge in [-0.2, -0.15) is 4.98 Å². The molecule has 2 saturated heterocycles. The molecule has 4 aromatic rings. The number of aliphatic hydroxyl groups excluding tert-OH is 2. The Bertz CT molecular complexity index is 1740. The van der Waals surface area contributed by atoms with Crippen LogP contribution in [-0.4, -0.2) is 104 Å². The fraction of sp³-hybridized carbons (Fsp3) is 0.500. The van der Waals surface area contributed by atoms with Gasteiger partial charge >= 0.3 is 6.72 Å². The number of nitrogens with one attached hydrogen (secondary N) is 1. The van der Waals surface area contributed by atoms with E-state index in [1.54, 1.807) is 0 Å². The molecular weight excluding hydrogens is 604 g/mol. The molecule has 0 saturated carbocycles. The lowest BCUT2D eigenvalue weighted by Crippen LogP contribution is -2.41. The predicted molar refractivity (Wildman–Crippen MR) is 143 cm³/mol. The average Bonchev–Trinajstić information content (AvgIpc) is 3.69. The fourth-order valence-corrected chi connectivity index (χ4v) is 6.26. The van der Waals surface area contributed by atoms with Crippen molar-refractivity contribution in [2.24, 2.45) is 5.73 Å². The number of aliphatic hydroxyl groups is 2. The molecule has 0 bridgehead atoms. The summed E-state index contributed by atoms with van der Waals surface area (Å²) >= 11 is 5.13. The number of aromatic amines is 1. The number of ether oxygens (including phenoxy) is 2. The van der Waals surface area contributed by atoms with Crippen LogP contribution in [0.4, 0.5) is 16.2 Å². The lowest BCUT2D eigenvalue weighted by Gasteiger charge is -2.26. The van der Waals surface area contributed by atoms with Crippen LogP contribution in [0, 0.1) is 0 Å². The van der Waals surface area contributed by atoms with E-state index >= 15 is 4.39 Å². The first-order chi connectivity index (χ1) is 20.0. The van der Waals surface area contributed by atoms with Crippen LogP contribution in [-0.2, 0) is 30.3 Å². The maximum atomic E-state index is 15.3. The predicted octanol–water partition coefficient (Wildman–Crippen LogP) is -2.44. The Kier molecular flexibility index (Phi) is 7.42. The summed E-state index contributed by atoms with van der Waals surface area (Å²) < 4.78 is 40.4. The number of nitrogens with two attached hydrogens (primary N) is 3. The smallest absolute Gasteiger partial charge is 0.325 e. The molecule has 0 amide bonds. The maximum absolute atomic E-state index is 15.3. The minimum atomic E-state index is -4.25. The molecular formula is C20H25FN11O8PS. The minimum absolute atomic E-state index is 0.0581. The van der Waals surface area contributed by atoms with Gasteiger partial charge in [0.1, 0.15) is 36.3 Å². The van der Waals surface area contributed by atoms with Crippen molar-refractivity contribution in [1.29, 1.82) is 0 Å². The van der Waals surface area contributed by atoms with Crippen LogP contribution in [0.15, 0.2) is 23.8 Å². The number of alkyl halides is 1. The van der Waals surface area contributed by atoms with Crippen molar-refractivity contribution < 1.29 is 38.0 Å². The molecule has 0 radical (unpaired) electrons. The number of rotatable bonds is 8. The number of aromatic nitrogens is 8. The van der Waals surface area contributed by atoms with Crippen molar-refractivity contribution in [3.05, 3.63) is 29.3 Å². The normalized spacial score (nSPS) is 31.3. The molecule has 0 unspecified atom stereocenters. The summed E-state index contributed by atoms with van der Waals surface area (Å²) in [5.74, 6) is -0.101. The molecule has 0 aromatic carbocycles. The summed E-state index contributed by atoms with van der Waals surface area (Å²) in [5.41, 5.74) is 17.4. The summed E-state index contributed by atoms with van der Waals surface area (Å²) in [6.45, 7) is -5.44. The number of fused-ring (bicyclic) bond motifs is 2. The number of hydrogen-bond acceptors (Lipinski definition) is 16. The zero-order valence-corrected chi connectivity index (χ0v) is 23.0. The van der Waals surface area contributed by atoms with E-state index in [2.05, 4.69) is 29.9 Å². The lowest BCUT2D eigenvalue weighted by atomic mass is 10.1. The fourth-order valence-electron chi connectivity index (χ4n) is 4.86. The van der Waals surface area contributed by atoms with E-state index in [1.165, 1.54) is 21.8 Å². The van der Waals surface area contributed by atoms with E-state index in [4.69, 9.17) is 47.5 Å². The molecule has 6 rings (SSSR count). The van der Waals surface area contributed by atoms with Gasteiger partial charge in [-0.15, -0.1) is 0 Å². The SMILES string of the molecule is Nc1nc2c(ncn2[C@@H]2O[C@H](CO)[C@@H](F)[C@H]2O[P@@](O)(=S)OC[C@H]2O[C@@H](n3cnc4c(N)ncnc43)[C@H](O)[C@@H]2N)c(=O)[nH]1. The van der Waals surface area contributed by atoms with Gasteiger partial charge in [0.05, 0.1) is 31.9 Å². The number of nitrogens with zero attached hydrogens (tertiary/aromatic N) is 7. The summed E-state index contributed by atoms with van der Waals surface area (Å²) in [5, 5.41) is 20.4. The summed E-state index contributed by atoms with van der Waals surface area (Å²) in [6, 6.07) is -1.01. The molecule has 2 fully saturated rings. The highest BCUT2D eigenvalue weighted by atomic mass is 32.5. The van der Waals surface area contributed by atoms with E-state index in [-0.39, 0.29) is 22.9 Å². The highest BCUT2D eigenvalue weighted by molar-refractivity contribution is 8.07. The summed E-state index contributed by atoms with van der Waals surface area (Å²) in [4.78, 5) is 45.5. The monoisotopic (exact) mass is 629 g/mol. The third kappa shape index (κ3) is 4.92. The van der Waals surface area contributed by atoms with Crippen molar-refractivity contribution in [1.82, 2.24) is 39.0 Å². The van der Waals surface area contributed by atoms with Crippen LogP contribution in [0.1, 0.15) is 12.5 Å². The number of hydrogen-bond donors (Lipinski definition) is 7. The number of halogens is 1. The van der Waals surface area contributed by atoms with Gasteiger partial charge in [-0.25, -0.2) is 24.3 Å². The first-order valence-corrected chi connectivity index (χ1v) is 14.9. The van der Waals surface area contributed by atoms with E-state index in [0.717, 1.165) is 6.33 Å². The van der Waals surface area contributed by atoms with Crippen molar-refractivity contribution in [2.75, 3.05) is 24.7 Å². The molecule has 0 aliphatic carbocycles. The zero-order valence-electron chi connectivity index (χ0n) is 21.2. The van der Waals surface area contributed by atoms with Crippen LogP contribution >= 0.6 is 6.72 Å². The lowest BCUT2D eigenvalue weighted by molar-refractivity contribution is -0.0551. The van der Waals surface area contributed by atoms with E-state index in [0.29, 0.717) is 11.2 Å². The molecule has 4 aromatic heterocycles. The Morgan fingerprint density at radius 2 is 1.79 bits per heavy atom. The van der Waals surface area contributed by atoms with Gasteiger partial charge in [0.15, 0.2) is 41.3 Å². The van der Waals surface area contributed by atoms with Crippen LogP contribution < -0.4 is 22.8 Å². The van der Waals surface area contributed by atoms with Crippen molar-refractivity contribution >= 4 is 52.6 Å². The molecule has 226 valence electrons. The Morgan fingerprint density at radius 3 is 2.52 bits per heavy atom. The minimum Gasteiger partial charge on any atom is -0.394 e. The van der Waals surface area contributed by atoms with Crippen LogP contribution in [0.25, 0.3) is 22.3 Å². The molecule has 42 heavy (non-hydrogen) atoms. The standard InChI is InChI=1S/C20H25FN11O8PS/c21-8-6(1-33)38-19(32-5-28-11-16(32)29-20(24)30-17(11)35)13(8)40-41(36,42)37-2-7-9(22)12(34)18(39-7)31-4-27-10-14(23)25-3-26-15(10)31/h3-9,12-13,18-19,33-34H,1-2,22H2,(H,36,42)(H2,23,25,26)(H3,24,29,30,35)/t6-,7-,8-,9-,12-,13-,18-,19-,41+/m1/s1. The van der Waals surface area contributed by atoms with Gasteiger partial charge in [0.25, 0.3) is 5.56 Å². The van der Waals surface area contributed by atoms with Gasteiger partial charge < -0.3 is 46.3 Å². The van der Waals surface area contributed by atoms with Crippen LogP contribution in [0.5, 0.6) is 0 Å². The Balaban J connectivity index is 1.19. The van der Waals surface area contributed by atoms with E-state index in [1.807, 2.05) is 0 Å². The van der Waals surface area contributed by atoms with E-state index in [9.17, 15) is 19.9 Å². The molecule has 0 spiro atoms. The molecule has 19 nitrogen and oxygen atoms in total. The topological polar surface area (TPSA) is 283 Å². The molecule has 2 aliphatic rings. The highest BCUT2D eigenvalue weighted by Crippen LogP contribution is 2.50. The Hall–Kier alpha value is -3.24. The first-order valence-electron chi connectivity index (χ1n) is 12.3. The maximum Gasteiger partial charge on any atom is 0.325 e. The number of imidazole rings is 2. The first kappa shape index (κ1) is 28.9. The molecule has 2 aliphatic heterocycles. The van der Waals surface area contributed by atoms with Crippen molar-refractivity contribution in [2.45, 2.75) is 49.1 Å².